The number of para-hydroxylation sites is 1. The van der Waals surface area contributed by atoms with Crippen molar-refractivity contribution >= 4 is 57.4 Å². The van der Waals surface area contributed by atoms with Crippen molar-refractivity contribution in [3.05, 3.63) is 111 Å². The maximum absolute atomic E-state index is 14.4. The van der Waals surface area contributed by atoms with E-state index in [1.807, 2.05) is 15.9 Å². The number of halogens is 2. The van der Waals surface area contributed by atoms with Crippen molar-refractivity contribution in [1.82, 2.24) is 14.3 Å². The molecule has 0 atom stereocenters. The number of thiocarbonyl (C=S) groups is 1. The molecule has 6 rings (SSSR count). The van der Waals surface area contributed by atoms with Crippen molar-refractivity contribution in [3.8, 4) is 0 Å². The van der Waals surface area contributed by atoms with Crippen molar-refractivity contribution in [2.24, 2.45) is 0 Å². The van der Waals surface area contributed by atoms with Crippen molar-refractivity contribution in [2.75, 3.05) is 36.0 Å². The van der Waals surface area contributed by atoms with Crippen LogP contribution in [0.1, 0.15) is 11.1 Å². The van der Waals surface area contributed by atoms with Gasteiger partial charge in [-0.1, -0.05) is 54.3 Å². The Hall–Kier alpha value is -4.09. The van der Waals surface area contributed by atoms with E-state index in [-0.39, 0.29) is 35.2 Å². The zero-order valence-electron chi connectivity index (χ0n) is 21.2. The van der Waals surface area contributed by atoms with Gasteiger partial charge in [-0.15, -0.1) is 0 Å². The minimum absolute atomic E-state index is 0.197. The molecule has 0 N–H and O–H groups in total. The number of carbonyl (C=O) groups excluding carboxylic acids is 1. The molecular formula is C29H23F2N5O2S2. The molecule has 0 bridgehead atoms. The SMILES string of the molecule is O=C1/C(=C\c2c(N3CCN(c4ccccc4F)CC3)nc3ccccn3c2=O)SC(=S)N1Cc1ccc(F)cc1. The largest absolute Gasteiger partial charge is 0.366 e. The number of pyridine rings is 1. The third-order valence-corrected chi connectivity index (χ3v) is 8.30. The Bertz CT molecular complexity index is 1720. The molecule has 4 aromatic rings. The molecule has 1 amide bonds. The Morgan fingerprint density at radius 1 is 0.900 bits per heavy atom. The molecule has 11 heteroatoms. The van der Waals surface area contributed by atoms with Gasteiger partial charge < -0.3 is 9.80 Å². The van der Waals surface area contributed by atoms with Gasteiger partial charge in [0.05, 0.1) is 22.7 Å². The maximum atomic E-state index is 14.4. The normalized spacial score (nSPS) is 16.9. The number of rotatable bonds is 5. The molecule has 0 unspecified atom stereocenters. The van der Waals surface area contributed by atoms with Crippen LogP contribution in [0.3, 0.4) is 0 Å². The second-order valence-electron chi connectivity index (χ2n) is 9.40. The van der Waals surface area contributed by atoms with Gasteiger partial charge in [-0.2, -0.15) is 0 Å². The Kier molecular flexibility index (Phi) is 7.07. The van der Waals surface area contributed by atoms with Gasteiger partial charge in [0.25, 0.3) is 11.5 Å². The second-order valence-corrected chi connectivity index (χ2v) is 11.1. The number of hydrogen-bond donors (Lipinski definition) is 0. The summed E-state index contributed by atoms with van der Waals surface area (Å²) in [5.74, 6) is -0.498. The first-order valence-electron chi connectivity index (χ1n) is 12.6. The third-order valence-electron chi connectivity index (χ3n) is 6.92. The predicted octanol–water partition coefficient (Wildman–Crippen LogP) is 4.70. The average molecular weight is 576 g/mol. The van der Waals surface area contributed by atoms with Gasteiger partial charge in [-0.3, -0.25) is 18.9 Å². The van der Waals surface area contributed by atoms with E-state index in [9.17, 15) is 18.4 Å². The smallest absolute Gasteiger partial charge is 0.267 e. The van der Waals surface area contributed by atoms with Crippen LogP contribution in [0.15, 0.2) is 82.6 Å². The van der Waals surface area contributed by atoms with E-state index in [0.717, 1.165) is 17.3 Å². The number of piperazine rings is 1. The van der Waals surface area contributed by atoms with Crippen LogP contribution in [0, 0.1) is 11.6 Å². The van der Waals surface area contributed by atoms with Crippen LogP contribution in [0.5, 0.6) is 0 Å². The average Bonchev–Trinajstić information content (AvgIpc) is 3.23. The second kappa shape index (κ2) is 10.8. The number of benzene rings is 2. The number of hydrogen-bond acceptors (Lipinski definition) is 7. The summed E-state index contributed by atoms with van der Waals surface area (Å²) in [5, 5.41) is 0. The minimum atomic E-state index is -0.361. The van der Waals surface area contributed by atoms with Crippen LogP contribution in [0.4, 0.5) is 20.3 Å². The summed E-state index contributed by atoms with van der Waals surface area (Å²) in [6.45, 7) is 2.29. The molecule has 40 heavy (non-hydrogen) atoms. The molecule has 0 saturated carbocycles. The molecule has 0 aliphatic carbocycles. The van der Waals surface area contributed by atoms with Gasteiger partial charge in [0.15, 0.2) is 0 Å². The molecule has 2 aromatic carbocycles. The quantitative estimate of drug-likeness (QED) is 0.253. The summed E-state index contributed by atoms with van der Waals surface area (Å²) >= 11 is 6.60. The van der Waals surface area contributed by atoms with Gasteiger partial charge in [-0.05, 0) is 48.0 Å². The summed E-state index contributed by atoms with van der Waals surface area (Å²) in [4.78, 5) is 37.6. The first kappa shape index (κ1) is 26.1. The molecular weight excluding hydrogens is 552 g/mol. The molecule has 2 aliphatic rings. The van der Waals surface area contributed by atoms with E-state index in [1.54, 1.807) is 54.7 Å². The lowest BCUT2D eigenvalue weighted by atomic mass is 10.2. The van der Waals surface area contributed by atoms with E-state index in [2.05, 4.69) is 0 Å². The third kappa shape index (κ3) is 4.98. The van der Waals surface area contributed by atoms with E-state index in [0.29, 0.717) is 52.6 Å². The number of aromatic nitrogens is 2. The highest BCUT2D eigenvalue weighted by atomic mass is 32.2. The molecule has 7 nitrogen and oxygen atoms in total. The zero-order chi connectivity index (χ0) is 27.8. The molecule has 2 saturated heterocycles. The van der Waals surface area contributed by atoms with Gasteiger partial charge >= 0.3 is 0 Å². The molecule has 4 heterocycles. The molecule has 2 aliphatic heterocycles. The monoisotopic (exact) mass is 575 g/mol. The van der Waals surface area contributed by atoms with Crippen molar-refractivity contribution < 1.29 is 13.6 Å². The predicted molar refractivity (Wildman–Crippen MR) is 157 cm³/mol. The topological polar surface area (TPSA) is 61.2 Å². The highest BCUT2D eigenvalue weighted by Crippen LogP contribution is 2.35. The van der Waals surface area contributed by atoms with Crippen LogP contribution in [-0.2, 0) is 11.3 Å². The van der Waals surface area contributed by atoms with E-state index >= 15 is 0 Å². The maximum Gasteiger partial charge on any atom is 0.267 e. The van der Waals surface area contributed by atoms with Crippen molar-refractivity contribution in [1.29, 1.82) is 0 Å². The van der Waals surface area contributed by atoms with E-state index in [4.69, 9.17) is 17.2 Å². The Morgan fingerprint density at radius 3 is 2.35 bits per heavy atom. The summed E-state index contributed by atoms with van der Waals surface area (Å²) in [5.41, 5.74) is 1.74. The highest BCUT2D eigenvalue weighted by molar-refractivity contribution is 8.26. The van der Waals surface area contributed by atoms with Crippen molar-refractivity contribution in [3.63, 3.8) is 0 Å². The number of nitrogens with zero attached hydrogens (tertiary/aromatic N) is 5. The lowest BCUT2D eigenvalue weighted by Crippen LogP contribution is -2.47. The Balaban J connectivity index is 1.33. The number of amides is 1. The number of thioether (sulfide) groups is 1. The molecule has 2 fully saturated rings. The first-order chi connectivity index (χ1) is 19.4. The lowest BCUT2D eigenvalue weighted by molar-refractivity contribution is -0.122. The Morgan fingerprint density at radius 2 is 1.60 bits per heavy atom. The number of carbonyl (C=O) groups is 1. The number of anilines is 2. The van der Waals surface area contributed by atoms with Crippen LogP contribution < -0.4 is 15.4 Å². The standard InChI is InChI=1S/C29H23F2N5O2S2/c30-20-10-8-19(9-11-20)18-36-28(38)24(40-29(36)39)17-21-26(32-25-7-3-4-12-35(25)27(21)37)34-15-13-33(14-16-34)23-6-2-1-5-22(23)31/h1-12,17H,13-16,18H2/b24-17+. The molecule has 2 aromatic heterocycles. The molecule has 202 valence electrons. The fraction of sp³-hybridized carbons (Fsp3) is 0.172. The first-order valence-corrected chi connectivity index (χ1v) is 13.9. The summed E-state index contributed by atoms with van der Waals surface area (Å²) in [6.07, 6.45) is 3.21. The van der Waals surface area contributed by atoms with Crippen LogP contribution in [0.2, 0.25) is 0 Å². The Labute approximate surface area is 238 Å². The van der Waals surface area contributed by atoms with Gasteiger partial charge in [0.1, 0.15) is 27.4 Å². The van der Waals surface area contributed by atoms with Gasteiger partial charge in [0, 0.05) is 32.4 Å². The van der Waals surface area contributed by atoms with E-state index < -0.39 is 0 Å². The van der Waals surface area contributed by atoms with E-state index in [1.165, 1.54) is 27.5 Å². The van der Waals surface area contributed by atoms with Crippen LogP contribution >= 0.6 is 24.0 Å². The fourth-order valence-electron chi connectivity index (χ4n) is 4.87. The minimum Gasteiger partial charge on any atom is -0.366 e. The summed E-state index contributed by atoms with van der Waals surface area (Å²) < 4.78 is 29.5. The summed E-state index contributed by atoms with van der Waals surface area (Å²) in [7, 11) is 0. The van der Waals surface area contributed by atoms with Gasteiger partial charge in [0.2, 0.25) is 0 Å². The highest BCUT2D eigenvalue weighted by Gasteiger charge is 2.33. The van der Waals surface area contributed by atoms with Crippen molar-refractivity contribution in [2.45, 2.75) is 6.54 Å². The van der Waals surface area contributed by atoms with Crippen LogP contribution in [-0.4, -0.2) is 50.7 Å². The fourth-order valence-corrected chi connectivity index (χ4v) is 6.10. The molecule has 0 spiro atoms. The molecule has 0 radical (unpaired) electrons. The van der Waals surface area contributed by atoms with Crippen LogP contribution in [0.25, 0.3) is 11.7 Å². The zero-order valence-corrected chi connectivity index (χ0v) is 22.8. The summed E-state index contributed by atoms with van der Waals surface area (Å²) in [6, 6.07) is 17.9. The lowest BCUT2D eigenvalue weighted by Gasteiger charge is -2.37. The number of fused-ring (bicyclic) bond motifs is 1. The van der Waals surface area contributed by atoms with Gasteiger partial charge in [-0.25, -0.2) is 13.8 Å².